The van der Waals surface area contributed by atoms with Crippen molar-refractivity contribution in [3.63, 3.8) is 0 Å². The van der Waals surface area contributed by atoms with Crippen LogP contribution in [0.2, 0.25) is 0 Å². The normalized spacial score (nSPS) is 10.4. The van der Waals surface area contributed by atoms with E-state index in [2.05, 4.69) is 25.3 Å². The molecule has 160 valence electrons. The number of thiazole rings is 1. The second kappa shape index (κ2) is 9.27. The highest BCUT2D eigenvalue weighted by Gasteiger charge is 2.14. The molecule has 2 heterocycles. The molecule has 0 saturated carbocycles. The van der Waals surface area contributed by atoms with Crippen molar-refractivity contribution in [3.8, 4) is 11.3 Å². The van der Waals surface area contributed by atoms with E-state index in [0.29, 0.717) is 38.9 Å². The zero-order valence-corrected chi connectivity index (χ0v) is 17.7. The number of carbonyl (C=O) groups excluding carboxylic acids is 3. The summed E-state index contributed by atoms with van der Waals surface area (Å²) >= 11 is 1.27. The smallest absolute Gasteiger partial charge is 0.354 e. The summed E-state index contributed by atoms with van der Waals surface area (Å²) in [5.41, 5.74) is 3.21. The first-order valence-corrected chi connectivity index (χ1v) is 10.4. The van der Waals surface area contributed by atoms with Crippen LogP contribution in [-0.4, -0.2) is 34.9 Å². The number of aromatic amines is 1. The summed E-state index contributed by atoms with van der Waals surface area (Å²) in [5.74, 6) is -1.02. The molecule has 0 fully saturated rings. The molecule has 2 aromatic carbocycles. The molecule has 8 nitrogen and oxygen atoms in total. The number of hydrogen-bond donors (Lipinski definition) is 3. The first-order chi connectivity index (χ1) is 15.5. The number of benzene rings is 2. The Balaban J connectivity index is 1.38. The van der Waals surface area contributed by atoms with Crippen LogP contribution in [0.25, 0.3) is 11.3 Å². The predicted molar refractivity (Wildman–Crippen MR) is 122 cm³/mol. The molecular formula is C23H18N4O4S. The van der Waals surface area contributed by atoms with Gasteiger partial charge in [-0.2, -0.15) is 0 Å². The van der Waals surface area contributed by atoms with Crippen LogP contribution in [0.4, 0.5) is 10.8 Å². The number of ether oxygens (including phenoxy) is 1. The number of rotatable bonds is 6. The first-order valence-electron chi connectivity index (χ1n) is 9.54. The summed E-state index contributed by atoms with van der Waals surface area (Å²) in [6, 6.07) is 17.1. The molecule has 0 saturated heterocycles. The third-order valence-corrected chi connectivity index (χ3v) is 5.31. The number of hydrogen-bond acceptors (Lipinski definition) is 6. The van der Waals surface area contributed by atoms with Gasteiger partial charge in [-0.25, -0.2) is 9.78 Å². The second-order valence-corrected chi connectivity index (χ2v) is 7.54. The fourth-order valence-corrected chi connectivity index (χ4v) is 3.62. The summed E-state index contributed by atoms with van der Waals surface area (Å²) in [6.45, 7) is 0. The van der Waals surface area contributed by atoms with E-state index in [1.165, 1.54) is 18.4 Å². The zero-order chi connectivity index (χ0) is 22.5. The molecule has 0 aliphatic rings. The number of H-pyrrole nitrogens is 1. The maximum absolute atomic E-state index is 12.5. The van der Waals surface area contributed by atoms with Crippen molar-refractivity contribution >= 4 is 39.9 Å². The van der Waals surface area contributed by atoms with Gasteiger partial charge < -0.3 is 15.0 Å². The molecule has 0 bridgehead atoms. The predicted octanol–water partition coefficient (Wildman–Crippen LogP) is 4.43. The molecule has 2 amide bonds. The van der Waals surface area contributed by atoms with Gasteiger partial charge in [0.15, 0.2) is 5.13 Å². The molecule has 9 heteroatoms. The van der Waals surface area contributed by atoms with Crippen molar-refractivity contribution in [2.24, 2.45) is 0 Å². The van der Waals surface area contributed by atoms with Crippen LogP contribution in [0.1, 0.15) is 31.2 Å². The van der Waals surface area contributed by atoms with E-state index in [9.17, 15) is 14.4 Å². The van der Waals surface area contributed by atoms with Gasteiger partial charge in [-0.15, -0.1) is 11.3 Å². The van der Waals surface area contributed by atoms with Crippen molar-refractivity contribution in [2.75, 3.05) is 17.7 Å². The van der Waals surface area contributed by atoms with Crippen LogP contribution >= 0.6 is 11.3 Å². The number of carbonyl (C=O) groups is 3. The lowest BCUT2D eigenvalue weighted by Crippen LogP contribution is -2.13. The molecule has 0 unspecified atom stereocenters. The van der Waals surface area contributed by atoms with Crippen LogP contribution in [0.5, 0.6) is 0 Å². The Morgan fingerprint density at radius 3 is 2.34 bits per heavy atom. The van der Waals surface area contributed by atoms with Gasteiger partial charge in [0, 0.05) is 34.0 Å². The fourth-order valence-electron chi connectivity index (χ4n) is 2.90. The van der Waals surface area contributed by atoms with Crippen LogP contribution in [0, 0.1) is 0 Å². The van der Waals surface area contributed by atoms with E-state index in [0.717, 1.165) is 0 Å². The number of nitrogens with zero attached hydrogens (tertiary/aromatic N) is 1. The largest absolute Gasteiger partial charge is 0.464 e. The quantitative estimate of drug-likeness (QED) is 0.379. The van der Waals surface area contributed by atoms with Gasteiger partial charge in [0.2, 0.25) is 0 Å². The second-order valence-electron chi connectivity index (χ2n) is 6.68. The van der Waals surface area contributed by atoms with Gasteiger partial charge in [-0.1, -0.05) is 18.2 Å². The number of nitrogens with one attached hydrogen (secondary N) is 3. The number of esters is 1. The lowest BCUT2D eigenvalue weighted by molar-refractivity contribution is 0.0594. The number of aromatic nitrogens is 2. The average molecular weight is 446 g/mol. The fraction of sp³-hybridized carbons (Fsp3) is 0.0435. The van der Waals surface area contributed by atoms with Crippen molar-refractivity contribution in [3.05, 3.63) is 89.1 Å². The van der Waals surface area contributed by atoms with Crippen LogP contribution in [0.15, 0.2) is 72.2 Å². The highest BCUT2D eigenvalue weighted by Crippen LogP contribution is 2.26. The Morgan fingerprint density at radius 1 is 0.938 bits per heavy atom. The minimum absolute atomic E-state index is 0.224. The molecule has 32 heavy (non-hydrogen) atoms. The van der Waals surface area contributed by atoms with Crippen molar-refractivity contribution in [2.45, 2.75) is 0 Å². The third-order valence-electron chi connectivity index (χ3n) is 4.55. The van der Waals surface area contributed by atoms with Gasteiger partial charge in [0.25, 0.3) is 11.8 Å². The van der Waals surface area contributed by atoms with Crippen molar-refractivity contribution < 1.29 is 19.1 Å². The molecule has 4 aromatic rings. The lowest BCUT2D eigenvalue weighted by atomic mass is 10.1. The molecule has 2 aromatic heterocycles. The van der Waals surface area contributed by atoms with Gasteiger partial charge in [0.05, 0.1) is 12.8 Å². The molecule has 0 spiro atoms. The minimum Gasteiger partial charge on any atom is -0.464 e. The molecule has 4 rings (SSSR count). The molecule has 3 N–H and O–H groups in total. The highest BCUT2D eigenvalue weighted by molar-refractivity contribution is 7.14. The number of amides is 2. The van der Waals surface area contributed by atoms with E-state index in [1.54, 1.807) is 66.2 Å². The van der Waals surface area contributed by atoms with Crippen molar-refractivity contribution in [1.29, 1.82) is 0 Å². The Hall–Kier alpha value is -4.24. The van der Waals surface area contributed by atoms with Crippen molar-refractivity contribution in [1.82, 2.24) is 9.97 Å². The zero-order valence-electron chi connectivity index (χ0n) is 16.9. The Bertz CT molecular complexity index is 1260. The maximum Gasteiger partial charge on any atom is 0.354 e. The molecule has 0 aliphatic carbocycles. The summed E-state index contributed by atoms with van der Waals surface area (Å²) in [7, 11) is 1.31. The van der Waals surface area contributed by atoms with E-state index in [4.69, 9.17) is 0 Å². The van der Waals surface area contributed by atoms with Gasteiger partial charge >= 0.3 is 5.97 Å². The van der Waals surface area contributed by atoms with Crippen LogP contribution in [-0.2, 0) is 4.74 Å². The van der Waals surface area contributed by atoms with Crippen LogP contribution < -0.4 is 10.6 Å². The Labute approximate surface area is 187 Å². The standard InChI is InChI=1S/C23H18N4O4S/c1-31-22(30)18-11-16(12-24-18)19-13-32-23(26-19)27-21(29)15-7-9-17(10-8-15)25-20(28)14-5-3-2-4-6-14/h2-13,24H,1H3,(H,25,28)(H,26,27,29). The Kier molecular flexibility index (Phi) is 6.09. The highest BCUT2D eigenvalue weighted by atomic mass is 32.1. The third kappa shape index (κ3) is 4.73. The van der Waals surface area contributed by atoms with E-state index < -0.39 is 5.97 Å². The van der Waals surface area contributed by atoms with Crippen LogP contribution in [0.3, 0.4) is 0 Å². The summed E-state index contributed by atoms with van der Waals surface area (Å²) < 4.78 is 4.68. The monoisotopic (exact) mass is 446 g/mol. The Morgan fingerprint density at radius 2 is 1.62 bits per heavy atom. The molecule has 0 radical (unpaired) electrons. The van der Waals surface area contributed by atoms with Gasteiger partial charge in [0.1, 0.15) is 5.69 Å². The molecule has 0 aliphatic heterocycles. The average Bonchev–Trinajstić information content (AvgIpc) is 3.49. The summed E-state index contributed by atoms with van der Waals surface area (Å²) in [4.78, 5) is 43.6. The molecular weight excluding hydrogens is 428 g/mol. The van der Waals surface area contributed by atoms with E-state index in [-0.39, 0.29) is 11.8 Å². The van der Waals surface area contributed by atoms with Gasteiger partial charge in [-0.05, 0) is 42.5 Å². The summed E-state index contributed by atoms with van der Waals surface area (Å²) in [5, 5.41) is 7.75. The minimum atomic E-state index is -0.469. The first kappa shape index (κ1) is 21.0. The summed E-state index contributed by atoms with van der Waals surface area (Å²) in [6.07, 6.45) is 1.65. The van der Waals surface area contributed by atoms with E-state index in [1.807, 2.05) is 6.07 Å². The lowest BCUT2D eigenvalue weighted by Gasteiger charge is -2.06. The van der Waals surface area contributed by atoms with E-state index >= 15 is 0 Å². The SMILES string of the molecule is COC(=O)c1cc(-c2csc(NC(=O)c3ccc(NC(=O)c4ccccc4)cc3)n2)c[nH]1. The topological polar surface area (TPSA) is 113 Å². The van der Waals surface area contributed by atoms with Gasteiger partial charge in [-0.3, -0.25) is 14.9 Å². The number of anilines is 2. The molecule has 0 atom stereocenters. The number of methoxy groups -OCH3 is 1. The maximum atomic E-state index is 12.5.